The van der Waals surface area contributed by atoms with Gasteiger partial charge in [-0.2, -0.15) is 0 Å². The Morgan fingerprint density at radius 1 is 0.735 bits per heavy atom. The van der Waals surface area contributed by atoms with Crippen LogP contribution in [-0.4, -0.2) is 35.4 Å². The maximum atomic E-state index is 6.11. The Morgan fingerprint density at radius 2 is 1.41 bits per heavy atom. The van der Waals surface area contributed by atoms with Crippen LogP contribution in [0.3, 0.4) is 0 Å². The highest BCUT2D eigenvalue weighted by atomic mass is 16.6. The van der Waals surface area contributed by atoms with E-state index in [1.54, 1.807) is 12.4 Å². The van der Waals surface area contributed by atoms with Crippen molar-refractivity contribution in [2.75, 3.05) is 13.2 Å². The fraction of sp³-hybridized carbons (Fsp3) is 0.655. The second kappa shape index (κ2) is 13.1. The highest BCUT2D eigenvalue weighted by Gasteiger charge is 2.38. The van der Waals surface area contributed by atoms with Crippen molar-refractivity contribution in [3.63, 3.8) is 0 Å². The van der Waals surface area contributed by atoms with E-state index in [2.05, 4.69) is 23.8 Å². The molecule has 4 rings (SSSR count). The molecule has 2 fully saturated rings. The number of benzene rings is 1. The summed E-state index contributed by atoms with van der Waals surface area (Å²) in [6.45, 7) is 5.89. The van der Waals surface area contributed by atoms with Crippen LogP contribution in [0.5, 0.6) is 11.5 Å². The van der Waals surface area contributed by atoms with Gasteiger partial charge < -0.3 is 14.2 Å². The summed E-state index contributed by atoms with van der Waals surface area (Å²) in [4.78, 5) is 8.96. The van der Waals surface area contributed by atoms with Crippen molar-refractivity contribution in [1.82, 2.24) is 9.97 Å². The van der Waals surface area contributed by atoms with Crippen molar-refractivity contribution >= 4 is 0 Å². The van der Waals surface area contributed by atoms with E-state index in [0.717, 1.165) is 30.3 Å². The summed E-state index contributed by atoms with van der Waals surface area (Å²) in [5.74, 6) is 3.96. The minimum Gasteiger partial charge on any atom is -0.493 e. The molecule has 2 aromatic rings. The lowest BCUT2D eigenvalue weighted by atomic mass is 9.80. The third-order valence-corrected chi connectivity index (χ3v) is 7.35. The van der Waals surface area contributed by atoms with Crippen molar-refractivity contribution in [2.24, 2.45) is 11.8 Å². The monoisotopic (exact) mass is 466 g/mol. The number of aromatic nitrogens is 2. The van der Waals surface area contributed by atoms with Gasteiger partial charge in [0.05, 0.1) is 25.1 Å². The maximum absolute atomic E-state index is 6.11. The first-order chi connectivity index (χ1) is 16.7. The number of ether oxygens (including phenoxy) is 3. The molecule has 1 aromatic heterocycles. The molecule has 5 nitrogen and oxygen atoms in total. The minimum atomic E-state index is 0.222. The Hall–Kier alpha value is -2.14. The van der Waals surface area contributed by atoms with E-state index >= 15 is 0 Å². The molecule has 1 aliphatic carbocycles. The van der Waals surface area contributed by atoms with E-state index in [1.807, 2.05) is 24.3 Å². The van der Waals surface area contributed by atoms with E-state index in [1.165, 1.54) is 64.2 Å². The van der Waals surface area contributed by atoms with Crippen LogP contribution in [-0.2, 0) is 4.74 Å². The van der Waals surface area contributed by atoms with Gasteiger partial charge in [-0.3, -0.25) is 0 Å². The van der Waals surface area contributed by atoms with Crippen LogP contribution in [0.25, 0.3) is 11.4 Å². The number of hydrogen-bond acceptors (Lipinski definition) is 5. The Morgan fingerprint density at radius 3 is 2.12 bits per heavy atom. The van der Waals surface area contributed by atoms with Gasteiger partial charge in [0.1, 0.15) is 18.5 Å². The molecule has 1 aromatic carbocycles. The SMILES string of the molecule is CCCCCC1CCC(COc2ccc(-c3ncc(OC[C@@H]4O[C@H]4CCCC)cn3)cc2)CC1. The van der Waals surface area contributed by atoms with Gasteiger partial charge in [-0.25, -0.2) is 9.97 Å². The molecule has 2 atom stereocenters. The first-order valence-corrected chi connectivity index (χ1v) is 13.6. The van der Waals surface area contributed by atoms with Crippen molar-refractivity contribution in [3.05, 3.63) is 36.7 Å². The maximum Gasteiger partial charge on any atom is 0.159 e. The third-order valence-electron chi connectivity index (χ3n) is 7.35. The molecule has 1 saturated heterocycles. The molecule has 2 heterocycles. The van der Waals surface area contributed by atoms with Crippen LogP contribution in [0.15, 0.2) is 36.7 Å². The van der Waals surface area contributed by atoms with Crippen molar-refractivity contribution in [3.8, 4) is 22.9 Å². The lowest BCUT2D eigenvalue weighted by Gasteiger charge is -2.28. The largest absolute Gasteiger partial charge is 0.493 e. The Bertz CT molecular complexity index is 831. The first kappa shape index (κ1) is 25.0. The van der Waals surface area contributed by atoms with Crippen molar-refractivity contribution in [1.29, 1.82) is 0 Å². The molecule has 0 spiro atoms. The second-order valence-electron chi connectivity index (χ2n) is 10.1. The Labute approximate surface area is 205 Å². The normalized spacial score (nSPS) is 24.1. The van der Waals surface area contributed by atoms with Gasteiger partial charge >= 0.3 is 0 Å². The average molecular weight is 467 g/mol. The molecular weight excluding hydrogens is 424 g/mol. The molecule has 0 bridgehead atoms. The summed E-state index contributed by atoms with van der Waals surface area (Å²) in [7, 11) is 0. The highest BCUT2D eigenvalue weighted by molar-refractivity contribution is 5.56. The van der Waals surface area contributed by atoms with Gasteiger partial charge in [0.25, 0.3) is 0 Å². The summed E-state index contributed by atoms with van der Waals surface area (Å²) < 4.78 is 17.6. The summed E-state index contributed by atoms with van der Waals surface area (Å²) in [6, 6.07) is 8.12. The van der Waals surface area contributed by atoms with E-state index in [-0.39, 0.29) is 6.10 Å². The van der Waals surface area contributed by atoms with Gasteiger partial charge in [-0.15, -0.1) is 0 Å². The highest BCUT2D eigenvalue weighted by Crippen LogP contribution is 2.33. The quantitative estimate of drug-likeness (QED) is 0.217. The molecule has 0 radical (unpaired) electrons. The molecule has 5 heteroatoms. The van der Waals surface area contributed by atoms with Crippen molar-refractivity contribution in [2.45, 2.75) is 96.7 Å². The lowest BCUT2D eigenvalue weighted by Crippen LogP contribution is -2.20. The minimum absolute atomic E-state index is 0.222. The van der Waals surface area contributed by atoms with Crippen LogP contribution in [0, 0.1) is 11.8 Å². The molecule has 0 amide bonds. The molecule has 1 aliphatic heterocycles. The number of unbranched alkanes of at least 4 members (excludes halogenated alkanes) is 3. The van der Waals surface area contributed by atoms with E-state index in [4.69, 9.17) is 14.2 Å². The predicted octanol–water partition coefficient (Wildman–Crippen LogP) is 7.25. The molecule has 0 N–H and O–H groups in total. The number of epoxide rings is 1. The Kier molecular flexibility index (Phi) is 9.61. The standard InChI is InChI=1S/C29H42N2O3/c1-3-5-7-8-22-10-12-23(13-11-22)20-32-25-16-14-24(15-17-25)29-30-18-26(19-31-29)33-21-28-27(34-28)9-6-4-2/h14-19,22-23,27-28H,3-13,20-21H2,1-2H3/t22?,23?,27-,28-/m0/s1. The number of hydrogen-bond donors (Lipinski definition) is 0. The number of nitrogens with zero attached hydrogens (tertiary/aromatic N) is 2. The molecule has 186 valence electrons. The third kappa shape index (κ3) is 7.69. The van der Waals surface area contributed by atoms with Gasteiger partial charge in [-0.05, 0) is 55.4 Å². The fourth-order valence-electron chi connectivity index (χ4n) is 4.99. The average Bonchev–Trinajstić information content (AvgIpc) is 3.65. The zero-order valence-electron chi connectivity index (χ0n) is 21.1. The van der Waals surface area contributed by atoms with Gasteiger partial charge in [-0.1, -0.05) is 65.2 Å². The molecule has 0 unspecified atom stereocenters. The molecular formula is C29H42N2O3. The number of rotatable bonds is 14. The van der Waals surface area contributed by atoms with Crippen LogP contribution < -0.4 is 9.47 Å². The first-order valence-electron chi connectivity index (χ1n) is 13.6. The van der Waals surface area contributed by atoms with Crippen LogP contribution in [0.2, 0.25) is 0 Å². The zero-order valence-corrected chi connectivity index (χ0v) is 21.1. The summed E-state index contributed by atoms with van der Waals surface area (Å²) in [5, 5.41) is 0. The molecule has 1 saturated carbocycles. The van der Waals surface area contributed by atoms with Gasteiger partial charge in [0.2, 0.25) is 0 Å². The van der Waals surface area contributed by atoms with Crippen molar-refractivity contribution < 1.29 is 14.2 Å². The zero-order chi connectivity index (χ0) is 23.6. The second-order valence-corrected chi connectivity index (χ2v) is 10.1. The topological polar surface area (TPSA) is 56.8 Å². The molecule has 34 heavy (non-hydrogen) atoms. The van der Waals surface area contributed by atoms with Gasteiger partial charge in [0.15, 0.2) is 11.6 Å². The summed E-state index contributed by atoms with van der Waals surface area (Å²) >= 11 is 0. The smallest absolute Gasteiger partial charge is 0.159 e. The lowest BCUT2D eigenvalue weighted by molar-refractivity contribution is 0.177. The predicted molar refractivity (Wildman–Crippen MR) is 136 cm³/mol. The van der Waals surface area contributed by atoms with Crippen LogP contribution in [0.4, 0.5) is 0 Å². The van der Waals surface area contributed by atoms with Crippen LogP contribution in [0.1, 0.15) is 84.5 Å². The molecule has 2 aliphatic rings. The van der Waals surface area contributed by atoms with Gasteiger partial charge in [0, 0.05) is 5.56 Å². The summed E-state index contributed by atoms with van der Waals surface area (Å²) in [5.41, 5.74) is 0.983. The van der Waals surface area contributed by atoms with E-state index < -0.39 is 0 Å². The Balaban J connectivity index is 1.16. The summed E-state index contributed by atoms with van der Waals surface area (Å²) in [6.07, 6.45) is 18.5. The van der Waals surface area contributed by atoms with Crippen LogP contribution >= 0.6 is 0 Å². The fourth-order valence-corrected chi connectivity index (χ4v) is 4.99. The van der Waals surface area contributed by atoms with E-state index in [9.17, 15) is 0 Å². The van der Waals surface area contributed by atoms with E-state index in [0.29, 0.717) is 30.2 Å².